The van der Waals surface area contributed by atoms with Gasteiger partial charge in [0.05, 0.1) is 21.9 Å². The number of carbonyl (C=O) groups is 1. The number of hydrogen-bond donors (Lipinski definition) is 1. The van der Waals surface area contributed by atoms with E-state index in [0.29, 0.717) is 11.1 Å². The smallest absolute Gasteiger partial charge is 0.332 e. The molecule has 1 atom stereocenters. The van der Waals surface area contributed by atoms with Crippen molar-refractivity contribution in [2.75, 3.05) is 14.1 Å². The highest BCUT2D eigenvalue weighted by atomic mass is 32.2. The number of amides is 1. The average molecular weight is 460 g/mol. The normalized spacial score (nSPS) is 12.8. The summed E-state index contributed by atoms with van der Waals surface area (Å²) in [7, 11) is 2.25. The van der Waals surface area contributed by atoms with Crippen LogP contribution in [0.25, 0.3) is 11.0 Å². The fourth-order valence-corrected chi connectivity index (χ4v) is 4.30. The second-order valence-electron chi connectivity index (χ2n) is 7.75. The van der Waals surface area contributed by atoms with Gasteiger partial charge in [-0.3, -0.25) is 18.7 Å². The maximum atomic E-state index is 12.9. The maximum absolute atomic E-state index is 12.9. The van der Waals surface area contributed by atoms with Gasteiger partial charge < -0.3 is 5.32 Å². The number of pyridine rings is 1. The largest absolute Gasteiger partial charge is 0.345 e. The summed E-state index contributed by atoms with van der Waals surface area (Å²) in [5.41, 5.74) is 0.530. The van der Waals surface area contributed by atoms with Crippen LogP contribution >= 0.6 is 0 Å². The first-order valence-electron chi connectivity index (χ1n) is 9.76. The van der Waals surface area contributed by atoms with Gasteiger partial charge in [-0.1, -0.05) is 12.1 Å². The van der Waals surface area contributed by atoms with Crippen molar-refractivity contribution in [3.05, 3.63) is 68.0 Å². The van der Waals surface area contributed by atoms with E-state index in [4.69, 9.17) is 0 Å². The molecule has 170 valence electrons. The van der Waals surface area contributed by atoms with Crippen molar-refractivity contribution in [3.63, 3.8) is 0 Å². The number of sulfonamides is 1. The summed E-state index contributed by atoms with van der Waals surface area (Å²) < 4.78 is 27.8. The zero-order chi connectivity index (χ0) is 24.0. The summed E-state index contributed by atoms with van der Waals surface area (Å²) in [6.07, 6.45) is 1.34. The van der Waals surface area contributed by atoms with Gasteiger partial charge in [0.2, 0.25) is 10.0 Å². The number of nitrogens with zero attached hydrogens (tertiary/aromatic N) is 4. The average Bonchev–Trinajstić information content (AvgIpc) is 2.75. The van der Waals surface area contributed by atoms with Crippen LogP contribution in [0.3, 0.4) is 0 Å². The maximum Gasteiger partial charge on any atom is 0.332 e. The van der Waals surface area contributed by atoms with E-state index in [1.54, 1.807) is 26.0 Å². The molecule has 32 heavy (non-hydrogen) atoms. The van der Waals surface area contributed by atoms with Crippen LogP contribution in [0.1, 0.15) is 34.5 Å². The van der Waals surface area contributed by atoms with Gasteiger partial charge in [-0.2, -0.15) is 0 Å². The van der Waals surface area contributed by atoms with Crippen LogP contribution in [-0.2, 0) is 24.1 Å². The van der Waals surface area contributed by atoms with E-state index in [2.05, 4.69) is 10.3 Å². The number of benzene rings is 1. The monoisotopic (exact) mass is 459 g/mol. The predicted octanol–water partition coefficient (Wildman–Crippen LogP) is 0.682. The molecule has 3 rings (SSSR count). The number of rotatable bonds is 5. The molecule has 1 aromatic carbocycles. The van der Waals surface area contributed by atoms with E-state index in [9.17, 15) is 22.8 Å². The van der Waals surface area contributed by atoms with Crippen LogP contribution in [-0.4, -0.2) is 46.8 Å². The van der Waals surface area contributed by atoms with Crippen molar-refractivity contribution >= 4 is 27.0 Å². The molecule has 1 N–H and O–H groups in total. The number of nitrogens with one attached hydrogen (secondary N) is 1. The molecule has 1 unspecified atom stereocenters. The summed E-state index contributed by atoms with van der Waals surface area (Å²) in [5.74, 6) is -0.440. The SMILES string of the molecule is Cc1c(C(=O)NC(C)c2ccc(S(=O)(=O)N(C)C)cc2)cnc2c1c(=O)n(C)c(=O)n2C. The van der Waals surface area contributed by atoms with Gasteiger partial charge >= 0.3 is 5.69 Å². The molecule has 0 spiro atoms. The van der Waals surface area contributed by atoms with E-state index in [1.165, 1.54) is 51.1 Å². The van der Waals surface area contributed by atoms with E-state index < -0.39 is 33.2 Å². The highest BCUT2D eigenvalue weighted by Gasteiger charge is 2.21. The first-order valence-corrected chi connectivity index (χ1v) is 11.2. The fraction of sp³-hybridized carbons (Fsp3) is 0.333. The van der Waals surface area contributed by atoms with Crippen LogP contribution in [0.15, 0.2) is 44.9 Å². The fourth-order valence-electron chi connectivity index (χ4n) is 3.40. The third kappa shape index (κ3) is 3.84. The van der Waals surface area contributed by atoms with Crippen molar-refractivity contribution in [1.29, 1.82) is 0 Å². The molecular weight excluding hydrogens is 434 g/mol. The molecule has 1 amide bonds. The van der Waals surface area contributed by atoms with Crippen molar-refractivity contribution in [3.8, 4) is 0 Å². The Morgan fingerprint density at radius 1 is 1.09 bits per heavy atom. The van der Waals surface area contributed by atoms with Gasteiger partial charge in [0, 0.05) is 34.4 Å². The summed E-state index contributed by atoms with van der Waals surface area (Å²) in [5, 5.41) is 3.04. The van der Waals surface area contributed by atoms with E-state index in [-0.39, 0.29) is 21.5 Å². The molecule has 11 heteroatoms. The van der Waals surface area contributed by atoms with Gasteiger partial charge in [0.25, 0.3) is 11.5 Å². The number of aromatic nitrogens is 3. The van der Waals surface area contributed by atoms with Crippen molar-refractivity contribution in [2.45, 2.75) is 24.8 Å². The zero-order valence-electron chi connectivity index (χ0n) is 18.7. The lowest BCUT2D eigenvalue weighted by molar-refractivity contribution is 0.0939. The van der Waals surface area contributed by atoms with E-state index in [1.807, 2.05) is 0 Å². The lowest BCUT2D eigenvalue weighted by Crippen LogP contribution is -2.38. The molecule has 2 aromatic heterocycles. The minimum atomic E-state index is -3.54. The van der Waals surface area contributed by atoms with Crippen molar-refractivity contribution in [2.24, 2.45) is 14.1 Å². The molecule has 0 bridgehead atoms. The Morgan fingerprint density at radius 2 is 1.69 bits per heavy atom. The molecule has 0 aliphatic heterocycles. The molecule has 0 radical (unpaired) electrons. The van der Waals surface area contributed by atoms with Crippen molar-refractivity contribution < 1.29 is 13.2 Å². The summed E-state index contributed by atoms with van der Waals surface area (Å²) in [6, 6.07) is 5.81. The minimum absolute atomic E-state index is 0.154. The quantitative estimate of drug-likeness (QED) is 0.599. The first-order chi connectivity index (χ1) is 14.9. The Morgan fingerprint density at radius 3 is 2.25 bits per heavy atom. The third-order valence-electron chi connectivity index (χ3n) is 5.48. The molecule has 2 heterocycles. The molecular formula is C21H25N5O5S. The van der Waals surface area contributed by atoms with E-state index >= 15 is 0 Å². The lowest BCUT2D eigenvalue weighted by Gasteiger charge is -2.17. The van der Waals surface area contributed by atoms with Gasteiger partial charge in [0.15, 0.2) is 0 Å². The Hall–Kier alpha value is -3.31. The summed E-state index contributed by atoms with van der Waals surface area (Å²) in [6.45, 7) is 3.40. The summed E-state index contributed by atoms with van der Waals surface area (Å²) >= 11 is 0. The van der Waals surface area contributed by atoms with Crippen LogP contribution in [0.2, 0.25) is 0 Å². The number of aryl methyl sites for hydroxylation is 2. The molecule has 0 fully saturated rings. The van der Waals surface area contributed by atoms with Crippen LogP contribution in [0.4, 0.5) is 0 Å². The number of carbonyl (C=O) groups excluding carboxylic acids is 1. The van der Waals surface area contributed by atoms with Gasteiger partial charge in [-0.25, -0.2) is 22.5 Å². The third-order valence-corrected chi connectivity index (χ3v) is 7.31. The highest BCUT2D eigenvalue weighted by Crippen LogP contribution is 2.20. The Bertz CT molecular complexity index is 1440. The molecule has 0 aliphatic carbocycles. The Balaban J connectivity index is 1.93. The van der Waals surface area contributed by atoms with Gasteiger partial charge in [-0.05, 0) is 37.1 Å². The topological polar surface area (TPSA) is 123 Å². The van der Waals surface area contributed by atoms with Crippen LogP contribution in [0.5, 0.6) is 0 Å². The molecule has 0 saturated carbocycles. The molecule has 10 nitrogen and oxygen atoms in total. The molecule has 0 aliphatic rings. The van der Waals surface area contributed by atoms with Gasteiger partial charge in [-0.15, -0.1) is 0 Å². The Labute approximate surface area is 185 Å². The van der Waals surface area contributed by atoms with Gasteiger partial charge in [0.1, 0.15) is 5.65 Å². The second kappa shape index (κ2) is 8.32. The number of fused-ring (bicyclic) bond motifs is 1. The molecule has 3 aromatic rings. The van der Waals surface area contributed by atoms with E-state index in [0.717, 1.165) is 8.87 Å². The standard InChI is InChI=1S/C21H25N5O5S/c1-12-16(11-22-18-17(12)20(28)26(6)21(29)25(18)5)19(27)23-13(2)14-7-9-15(10-8-14)32(30,31)24(3)4/h7-11,13H,1-6H3,(H,23,27). The predicted molar refractivity (Wildman–Crippen MR) is 120 cm³/mol. The van der Waals surface area contributed by atoms with Crippen LogP contribution < -0.4 is 16.6 Å². The zero-order valence-corrected chi connectivity index (χ0v) is 19.5. The molecule has 0 saturated heterocycles. The first kappa shape index (κ1) is 23.4. The Kier molecular flexibility index (Phi) is 6.07. The van der Waals surface area contributed by atoms with Crippen LogP contribution in [0, 0.1) is 6.92 Å². The number of hydrogen-bond acceptors (Lipinski definition) is 6. The lowest BCUT2D eigenvalue weighted by atomic mass is 10.1. The second-order valence-corrected chi connectivity index (χ2v) is 9.90. The minimum Gasteiger partial charge on any atom is -0.345 e. The summed E-state index contributed by atoms with van der Waals surface area (Å²) in [4.78, 5) is 42.0. The van der Waals surface area contributed by atoms with Crippen molar-refractivity contribution in [1.82, 2.24) is 23.7 Å². The highest BCUT2D eigenvalue weighted by molar-refractivity contribution is 7.89.